The second-order valence-corrected chi connectivity index (χ2v) is 3.72. The van der Waals surface area contributed by atoms with Gasteiger partial charge in [0.15, 0.2) is 5.69 Å². The van der Waals surface area contributed by atoms with E-state index in [4.69, 9.17) is 4.74 Å². The molecule has 20 heavy (non-hydrogen) atoms. The van der Waals surface area contributed by atoms with Crippen molar-refractivity contribution in [2.24, 2.45) is 0 Å². The number of pyridine rings is 1. The third-order valence-electron chi connectivity index (χ3n) is 2.27. The highest BCUT2D eigenvalue weighted by atomic mass is 19.4. The van der Waals surface area contributed by atoms with Crippen molar-refractivity contribution in [1.82, 2.24) is 4.98 Å². The van der Waals surface area contributed by atoms with Crippen LogP contribution in [0, 0.1) is 0 Å². The summed E-state index contributed by atoms with van der Waals surface area (Å²) in [4.78, 5) is 14.7. The van der Waals surface area contributed by atoms with Crippen LogP contribution >= 0.6 is 0 Å². The van der Waals surface area contributed by atoms with Crippen molar-refractivity contribution in [1.29, 1.82) is 0 Å². The Hall–Kier alpha value is -2.57. The van der Waals surface area contributed by atoms with Gasteiger partial charge in [0.2, 0.25) is 0 Å². The average Bonchev–Trinajstić information content (AvgIpc) is 2.39. The zero-order valence-corrected chi connectivity index (χ0v) is 10.0. The van der Waals surface area contributed by atoms with Gasteiger partial charge in [0.1, 0.15) is 5.75 Å². The molecule has 0 spiro atoms. The molecule has 4 nitrogen and oxygen atoms in total. The lowest BCUT2D eigenvalue weighted by atomic mass is 10.3. The summed E-state index contributed by atoms with van der Waals surface area (Å²) in [6.07, 6.45) is -4.68. The van der Waals surface area contributed by atoms with Gasteiger partial charge in [-0.15, -0.1) is 0 Å². The minimum Gasteiger partial charge on any atom is -0.410 e. The second kappa shape index (κ2) is 5.60. The maximum absolute atomic E-state index is 12.7. The highest BCUT2D eigenvalue weighted by Crippen LogP contribution is 2.32. The first-order chi connectivity index (χ1) is 9.47. The van der Waals surface area contributed by atoms with Crippen molar-refractivity contribution in [2.75, 3.05) is 5.32 Å². The number of amides is 1. The van der Waals surface area contributed by atoms with Crippen molar-refractivity contribution in [3.05, 3.63) is 54.4 Å². The van der Waals surface area contributed by atoms with Crippen molar-refractivity contribution in [2.45, 2.75) is 6.18 Å². The molecule has 0 bridgehead atoms. The number of halogens is 3. The lowest BCUT2D eigenvalue weighted by Gasteiger charge is -2.12. The molecule has 1 amide bonds. The molecule has 7 heteroatoms. The number of anilines is 1. The Morgan fingerprint density at radius 3 is 2.45 bits per heavy atom. The first kappa shape index (κ1) is 13.9. The van der Waals surface area contributed by atoms with Gasteiger partial charge in [-0.2, -0.15) is 13.2 Å². The summed E-state index contributed by atoms with van der Waals surface area (Å²) in [5, 5.41) is 2.02. The van der Waals surface area contributed by atoms with E-state index in [1.807, 2.05) is 5.32 Å². The third kappa shape index (κ3) is 3.47. The first-order valence-corrected chi connectivity index (χ1v) is 5.53. The highest BCUT2D eigenvalue weighted by molar-refractivity contribution is 5.87. The number of nitrogens with zero attached hydrogens (tertiary/aromatic N) is 1. The zero-order valence-electron chi connectivity index (χ0n) is 10.0. The first-order valence-electron chi connectivity index (χ1n) is 5.53. The number of hydrogen-bond donors (Lipinski definition) is 1. The van der Waals surface area contributed by atoms with Crippen LogP contribution in [0.25, 0.3) is 0 Å². The zero-order chi connectivity index (χ0) is 14.6. The number of para-hydroxylation sites is 1. The molecule has 0 saturated heterocycles. The Balaban J connectivity index is 2.13. The monoisotopic (exact) mass is 282 g/mol. The Bertz CT molecular complexity index is 600. The van der Waals surface area contributed by atoms with E-state index >= 15 is 0 Å². The maximum atomic E-state index is 12.7. The number of nitrogens with one attached hydrogen (secondary N) is 1. The number of aromatic nitrogens is 1. The molecule has 1 heterocycles. The number of benzene rings is 1. The molecule has 0 atom stereocenters. The van der Waals surface area contributed by atoms with E-state index in [9.17, 15) is 18.0 Å². The standard InChI is InChI=1S/C13H9F3N2O2/c14-13(15,16)11-10(7-4-8-17-11)18-12(19)20-9-5-2-1-3-6-9/h1-8H,(H,18,19). The SMILES string of the molecule is O=C(Nc1cccnc1C(F)(F)F)Oc1ccccc1. The smallest absolute Gasteiger partial charge is 0.410 e. The molecular weight excluding hydrogens is 273 g/mol. The van der Waals surface area contributed by atoms with E-state index in [1.54, 1.807) is 18.2 Å². The van der Waals surface area contributed by atoms with E-state index < -0.39 is 23.7 Å². The predicted molar refractivity (Wildman–Crippen MR) is 65.3 cm³/mol. The molecule has 1 aromatic carbocycles. The number of rotatable bonds is 2. The Morgan fingerprint density at radius 1 is 1.10 bits per heavy atom. The molecule has 0 aliphatic rings. The summed E-state index contributed by atoms with van der Waals surface area (Å²) in [6.45, 7) is 0. The summed E-state index contributed by atoms with van der Waals surface area (Å²) in [6, 6.07) is 10.4. The number of carbonyl (C=O) groups is 1. The summed E-state index contributed by atoms with van der Waals surface area (Å²) in [5.41, 5.74) is -1.63. The van der Waals surface area contributed by atoms with Crippen LogP contribution in [0.5, 0.6) is 5.75 Å². The van der Waals surface area contributed by atoms with Gasteiger partial charge >= 0.3 is 12.3 Å². The second-order valence-electron chi connectivity index (χ2n) is 3.72. The Labute approximate surface area is 112 Å². The van der Waals surface area contributed by atoms with Crippen molar-refractivity contribution < 1.29 is 22.7 Å². The number of carbonyl (C=O) groups excluding carboxylic acids is 1. The largest absolute Gasteiger partial charge is 0.435 e. The Morgan fingerprint density at radius 2 is 1.80 bits per heavy atom. The molecule has 0 aliphatic carbocycles. The number of hydrogen-bond acceptors (Lipinski definition) is 3. The van der Waals surface area contributed by atoms with Crippen LogP contribution in [0.2, 0.25) is 0 Å². The lowest BCUT2D eigenvalue weighted by Crippen LogP contribution is -2.20. The van der Waals surface area contributed by atoms with Gasteiger partial charge < -0.3 is 4.74 Å². The molecule has 2 rings (SSSR count). The summed E-state index contributed by atoms with van der Waals surface area (Å²) >= 11 is 0. The van der Waals surface area contributed by atoms with Gasteiger partial charge in [-0.1, -0.05) is 18.2 Å². The Kier molecular flexibility index (Phi) is 3.88. The quantitative estimate of drug-likeness (QED) is 0.913. The van der Waals surface area contributed by atoms with Crippen LogP contribution < -0.4 is 10.1 Å². The normalized spacial score (nSPS) is 10.9. The number of ether oxygens (including phenoxy) is 1. The van der Waals surface area contributed by atoms with E-state index in [2.05, 4.69) is 4.98 Å². The third-order valence-corrected chi connectivity index (χ3v) is 2.27. The molecule has 104 valence electrons. The van der Waals surface area contributed by atoms with Crippen LogP contribution in [0.15, 0.2) is 48.7 Å². The minimum absolute atomic E-state index is 0.224. The van der Waals surface area contributed by atoms with Gasteiger partial charge in [-0.05, 0) is 24.3 Å². The highest BCUT2D eigenvalue weighted by Gasteiger charge is 2.35. The van der Waals surface area contributed by atoms with Crippen molar-refractivity contribution in [3.63, 3.8) is 0 Å². The number of alkyl halides is 3. The van der Waals surface area contributed by atoms with Crippen LogP contribution in [-0.4, -0.2) is 11.1 Å². The van der Waals surface area contributed by atoms with Gasteiger partial charge in [0.05, 0.1) is 5.69 Å². The fourth-order valence-electron chi connectivity index (χ4n) is 1.46. The van der Waals surface area contributed by atoms with Crippen molar-refractivity contribution in [3.8, 4) is 5.75 Å². The van der Waals surface area contributed by atoms with Gasteiger partial charge in [0.25, 0.3) is 0 Å². The summed E-state index contributed by atoms with van der Waals surface area (Å²) in [7, 11) is 0. The van der Waals surface area contributed by atoms with Crippen LogP contribution in [0.4, 0.5) is 23.7 Å². The molecule has 0 saturated carbocycles. The molecule has 2 aromatic rings. The van der Waals surface area contributed by atoms with E-state index in [1.165, 1.54) is 18.2 Å². The minimum atomic E-state index is -4.66. The molecule has 0 unspecified atom stereocenters. The van der Waals surface area contributed by atoms with Crippen LogP contribution in [0.1, 0.15) is 5.69 Å². The molecule has 1 aromatic heterocycles. The van der Waals surface area contributed by atoms with E-state index in [-0.39, 0.29) is 5.75 Å². The predicted octanol–water partition coefficient (Wildman–Crippen LogP) is 3.71. The molecule has 0 fully saturated rings. The maximum Gasteiger partial charge on any atom is 0.435 e. The topological polar surface area (TPSA) is 51.2 Å². The van der Waals surface area contributed by atoms with E-state index in [0.29, 0.717) is 0 Å². The fourth-order valence-corrected chi connectivity index (χ4v) is 1.46. The van der Waals surface area contributed by atoms with Gasteiger partial charge in [-0.3, -0.25) is 5.32 Å². The van der Waals surface area contributed by atoms with Gasteiger partial charge in [-0.25, -0.2) is 9.78 Å². The van der Waals surface area contributed by atoms with E-state index in [0.717, 1.165) is 12.3 Å². The summed E-state index contributed by atoms with van der Waals surface area (Å²) < 4.78 is 42.9. The van der Waals surface area contributed by atoms with Gasteiger partial charge in [0, 0.05) is 6.20 Å². The lowest BCUT2D eigenvalue weighted by molar-refractivity contribution is -0.140. The molecule has 1 N–H and O–H groups in total. The molecule has 0 aliphatic heterocycles. The van der Waals surface area contributed by atoms with Crippen LogP contribution in [-0.2, 0) is 6.18 Å². The van der Waals surface area contributed by atoms with Crippen LogP contribution in [0.3, 0.4) is 0 Å². The molecule has 0 radical (unpaired) electrons. The average molecular weight is 282 g/mol. The summed E-state index contributed by atoms with van der Waals surface area (Å²) in [5.74, 6) is 0.224. The molecular formula is C13H9F3N2O2. The fraction of sp³-hybridized carbons (Fsp3) is 0.0769. The van der Waals surface area contributed by atoms with Crippen molar-refractivity contribution >= 4 is 11.8 Å².